The Morgan fingerprint density at radius 1 is 1.16 bits per heavy atom. The van der Waals surface area contributed by atoms with Gasteiger partial charge in [0.15, 0.2) is 0 Å². The monoisotopic (exact) mass is 469 g/mol. The van der Waals surface area contributed by atoms with Crippen LogP contribution in [0, 0.1) is 5.92 Å². The van der Waals surface area contributed by atoms with Crippen LogP contribution < -0.4 is 10.2 Å². The van der Waals surface area contributed by atoms with Gasteiger partial charge in [0.25, 0.3) is 0 Å². The van der Waals surface area contributed by atoms with Gasteiger partial charge in [-0.2, -0.15) is 0 Å². The molecular formula is C24H39Cl2N4O+. The molecule has 1 aliphatic carbocycles. The minimum absolute atomic E-state index is 0.0328. The van der Waals surface area contributed by atoms with Gasteiger partial charge < -0.3 is 19.6 Å². The molecule has 1 saturated carbocycles. The lowest BCUT2D eigenvalue weighted by atomic mass is 9.83. The van der Waals surface area contributed by atoms with E-state index in [1.54, 1.807) is 19.0 Å². The summed E-state index contributed by atoms with van der Waals surface area (Å²) in [4.78, 5) is 15.9. The molecule has 2 amide bonds. The summed E-state index contributed by atoms with van der Waals surface area (Å²) in [6.07, 6.45) is 5.94. The molecule has 1 N–H and O–H groups in total. The highest BCUT2D eigenvalue weighted by Gasteiger charge is 2.37. The van der Waals surface area contributed by atoms with E-state index in [4.69, 9.17) is 23.2 Å². The van der Waals surface area contributed by atoms with Gasteiger partial charge in [-0.05, 0) is 64.0 Å². The minimum atomic E-state index is 0.0328. The summed E-state index contributed by atoms with van der Waals surface area (Å²) in [5, 5.41) is 4.46. The third-order valence-corrected chi connectivity index (χ3v) is 8.37. The van der Waals surface area contributed by atoms with Crippen LogP contribution >= 0.6 is 23.2 Å². The number of nitrogens with zero attached hydrogens (tertiary/aromatic N) is 3. The molecule has 1 saturated heterocycles. The lowest BCUT2D eigenvalue weighted by Crippen LogP contribution is -2.63. The lowest BCUT2D eigenvalue weighted by molar-refractivity contribution is -0.948. The Morgan fingerprint density at radius 2 is 1.81 bits per heavy atom. The van der Waals surface area contributed by atoms with Crippen molar-refractivity contribution in [2.45, 2.75) is 58.0 Å². The van der Waals surface area contributed by atoms with E-state index in [2.05, 4.69) is 30.1 Å². The van der Waals surface area contributed by atoms with Gasteiger partial charge in [-0.3, -0.25) is 0 Å². The number of nitrogens with one attached hydrogen (secondary N) is 1. The van der Waals surface area contributed by atoms with E-state index in [-0.39, 0.29) is 6.03 Å². The summed E-state index contributed by atoms with van der Waals surface area (Å²) < 4.78 is 1.19. The third kappa shape index (κ3) is 6.00. The van der Waals surface area contributed by atoms with Crippen LogP contribution in [0.2, 0.25) is 10.0 Å². The molecule has 1 aromatic carbocycles. The molecule has 2 fully saturated rings. The zero-order valence-corrected chi connectivity index (χ0v) is 21.1. The fourth-order valence-corrected chi connectivity index (χ4v) is 5.59. The van der Waals surface area contributed by atoms with Crippen LogP contribution in [0.3, 0.4) is 0 Å². The van der Waals surface area contributed by atoms with Crippen LogP contribution in [0.5, 0.6) is 0 Å². The second kappa shape index (κ2) is 10.6. The molecule has 1 aromatic rings. The fraction of sp³-hybridized carbons (Fsp3) is 0.708. The lowest BCUT2D eigenvalue weighted by Gasteiger charge is -2.49. The minimum Gasteiger partial charge on any atom is -0.359 e. The van der Waals surface area contributed by atoms with E-state index in [0.29, 0.717) is 22.1 Å². The van der Waals surface area contributed by atoms with Crippen molar-refractivity contribution in [3.8, 4) is 0 Å². The van der Waals surface area contributed by atoms with Crippen LogP contribution in [0.4, 0.5) is 10.5 Å². The molecule has 174 valence electrons. The molecule has 0 radical (unpaired) electrons. The summed E-state index contributed by atoms with van der Waals surface area (Å²) in [7, 11) is 3.60. The molecule has 31 heavy (non-hydrogen) atoms. The number of urea groups is 1. The molecule has 7 heteroatoms. The van der Waals surface area contributed by atoms with E-state index >= 15 is 0 Å². The van der Waals surface area contributed by atoms with Crippen LogP contribution in [-0.2, 0) is 0 Å². The molecular weight excluding hydrogens is 431 g/mol. The summed E-state index contributed by atoms with van der Waals surface area (Å²) in [5.74, 6) is 0.779. The number of carbonyl (C=O) groups is 1. The Balaban J connectivity index is 1.51. The van der Waals surface area contributed by atoms with Crippen molar-refractivity contribution in [2.24, 2.45) is 5.92 Å². The largest absolute Gasteiger partial charge is 0.359 e. The zero-order chi connectivity index (χ0) is 22.6. The highest BCUT2D eigenvalue weighted by Crippen LogP contribution is 2.35. The van der Waals surface area contributed by atoms with E-state index in [0.717, 1.165) is 50.6 Å². The standard InChI is InChI=1S/C24H38Cl2N4O/c1-18(2)30(15-12-19-8-10-20(11-9-19)27-24(31)28(3)4)16-13-29(14-17-30)22-7-5-6-21(25)23(22)26/h5-7,18-20H,8-17H2,1-4H3/p+1. The van der Waals surface area contributed by atoms with E-state index in [1.165, 1.54) is 30.3 Å². The van der Waals surface area contributed by atoms with Crippen molar-refractivity contribution in [2.75, 3.05) is 51.7 Å². The van der Waals surface area contributed by atoms with Gasteiger partial charge in [0.2, 0.25) is 0 Å². The number of piperazine rings is 1. The maximum Gasteiger partial charge on any atom is 0.317 e. The van der Waals surface area contributed by atoms with Crippen molar-refractivity contribution < 1.29 is 9.28 Å². The average Bonchev–Trinajstić information content (AvgIpc) is 2.75. The second-order valence-corrected chi connectivity index (χ2v) is 10.7. The van der Waals surface area contributed by atoms with Crippen molar-refractivity contribution in [1.82, 2.24) is 10.2 Å². The number of hydrogen-bond donors (Lipinski definition) is 1. The smallest absolute Gasteiger partial charge is 0.317 e. The van der Waals surface area contributed by atoms with Crippen molar-refractivity contribution in [3.63, 3.8) is 0 Å². The van der Waals surface area contributed by atoms with Gasteiger partial charge in [-0.15, -0.1) is 0 Å². The molecule has 0 unspecified atom stereocenters. The predicted octanol–water partition coefficient (Wildman–Crippen LogP) is 5.26. The maximum atomic E-state index is 11.9. The van der Waals surface area contributed by atoms with Crippen LogP contribution in [0.15, 0.2) is 18.2 Å². The number of benzene rings is 1. The van der Waals surface area contributed by atoms with Gasteiger partial charge in [-0.25, -0.2) is 4.79 Å². The number of carbonyl (C=O) groups excluding carboxylic acids is 1. The molecule has 0 aromatic heterocycles. The first-order valence-electron chi connectivity index (χ1n) is 11.7. The van der Waals surface area contributed by atoms with E-state index in [9.17, 15) is 4.79 Å². The summed E-state index contributed by atoms with van der Waals surface area (Å²) in [5.41, 5.74) is 1.06. The highest BCUT2D eigenvalue weighted by atomic mass is 35.5. The van der Waals surface area contributed by atoms with Gasteiger partial charge in [0.1, 0.15) is 0 Å². The molecule has 5 nitrogen and oxygen atoms in total. The normalized spacial score (nSPS) is 23.6. The number of anilines is 1. The number of hydrogen-bond acceptors (Lipinski definition) is 2. The topological polar surface area (TPSA) is 35.6 Å². The number of halogens is 2. The molecule has 0 bridgehead atoms. The molecule has 1 heterocycles. The Morgan fingerprint density at radius 3 is 2.39 bits per heavy atom. The Bertz CT molecular complexity index is 739. The van der Waals surface area contributed by atoms with Gasteiger partial charge in [-0.1, -0.05) is 29.3 Å². The SMILES string of the molecule is CC(C)[N+]1(CCC2CCC(NC(=O)N(C)C)CC2)CCN(c2cccc(Cl)c2Cl)CC1. The predicted molar refractivity (Wildman–Crippen MR) is 131 cm³/mol. The average molecular weight is 471 g/mol. The summed E-state index contributed by atoms with van der Waals surface area (Å²) >= 11 is 12.7. The summed E-state index contributed by atoms with van der Waals surface area (Å²) in [6.45, 7) is 10.3. The Hall–Kier alpha value is -1.17. The maximum absolute atomic E-state index is 11.9. The molecule has 0 spiro atoms. The number of amides is 2. The molecule has 2 aliphatic rings. The molecule has 0 atom stereocenters. The van der Waals surface area contributed by atoms with E-state index in [1.807, 2.05) is 12.1 Å². The number of rotatable bonds is 6. The van der Waals surface area contributed by atoms with Crippen molar-refractivity contribution >= 4 is 34.9 Å². The zero-order valence-electron chi connectivity index (χ0n) is 19.5. The van der Waals surface area contributed by atoms with Crippen LogP contribution in [-0.4, -0.2) is 74.3 Å². The first-order chi connectivity index (χ1) is 14.7. The van der Waals surface area contributed by atoms with Gasteiger partial charge in [0.05, 0.1) is 54.5 Å². The van der Waals surface area contributed by atoms with Crippen molar-refractivity contribution in [1.29, 1.82) is 0 Å². The van der Waals surface area contributed by atoms with Crippen LogP contribution in [0.1, 0.15) is 46.0 Å². The first-order valence-corrected chi connectivity index (χ1v) is 12.5. The summed E-state index contributed by atoms with van der Waals surface area (Å²) in [6, 6.07) is 6.91. The van der Waals surface area contributed by atoms with E-state index < -0.39 is 0 Å². The first kappa shape index (κ1) is 24.5. The second-order valence-electron chi connectivity index (χ2n) is 9.89. The third-order valence-electron chi connectivity index (χ3n) is 7.56. The highest BCUT2D eigenvalue weighted by molar-refractivity contribution is 6.43. The van der Waals surface area contributed by atoms with Crippen LogP contribution in [0.25, 0.3) is 0 Å². The molecule has 1 aliphatic heterocycles. The fourth-order valence-electron chi connectivity index (χ4n) is 5.18. The quantitative estimate of drug-likeness (QED) is 0.576. The van der Waals surface area contributed by atoms with Crippen molar-refractivity contribution in [3.05, 3.63) is 28.2 Å². The Labute approximate surface area is 198 Å². The van der Waals surface area contributed by atoms with Gasteiger partial charge >= 0.3 is 6.03 Å². The Kier molecular flexibility index (Phi) is 8.39. The number of quaternary nitrogens is 1. The molecule has 3 rings (SSSR count). The van der Waals surface area contributed by atoms with Gasteiger partial charge in [0, 0.05) is 20.1 Å².